The molecule has 2 fully saturated rings. The van der Waals surface area contributed by atoms with Crippen molar-refractivity contribution in [2.24, 2.45) is 17.8 Å². The Bertz CT molecular complexity index is 401. The minimum Gasteiger partial charge on any atom is -0.355 e. The molecule has 98 valence electrons. The maximum absolute atomic E-state index is 11.8. The van der Waals surface area contributed by atoms with E-state index in [-0.39, 0.29) is 5.91 Å². The lowest BCUT2D eigenvalue weighted by atomic mass is 9.92. The summed E-state index contributed by atoms with van der Waals surface area (Å²) >= 11 is 0. The second-order valence-corrected chi connectivity index (χ2v) is 5.76. The van der Waals surface area contributed by atoms with E-state index in [1.165, 1.54) is 32.1 Å². The van der Waals surface area contributed by atoms with Gasteiger partial charge in [-0.05, 0) is 43.1 Å². The zero-order chi connectivity index (χ0) is 12.4. The molecule has 0 unspecified atom stereocenters. The standard InChI is InChI=1S/C14H21N3O/c18-14(8-12-6-7-16-17-12)15-9-11-5-4-10-2-1-3-13(10)11/h6-7,10-11,13H,1-5,8-9H2,(H,15,18)(H,16,17)/t10-,11+,13-/m0/s1. The van der Waals surface area contributed by atoms with Gasteiger partial charge in [-0.3, -0.25) is 9.89 Å². The van der Waals surface area contributed by atoms with E-state index in [1.54, 1.807) is 6.20 Å². The highest BCUT2D eigenvalue weighted by Gasteiger charge is 2.38. The molecular weight excluding hydrogens is 226 g/mol. The van der Waals surface area contributed by atoms with Crippen molar-refractivity contribution in [3.05, 3.63) is 18.0 Å². The third-order valence-corrected chi connectivity index (χ3v) is 4.70. The third kappa shape index (κ3) is 2.42. The first-order chi connectivity index (χ1) is 8.83. The minimum absolute atomic E-state index is 0.112. The molecule has 18 heavy (non-hydrogen) atoms. The number of H-pyrrole nitrogens is 1. The van der Waals surface area contributed by atoms with E-state index in [4.69, 9.17) is 0 Å². The van der Waals surface area contributed by atoms with E-state index < -0.39 is 0 Å². The van der Waals surface area contributed by atoms with Gasteiger partial charge in [-0.15, -0.1) is 0 Å². The molecule has 3 atom stereocenters. The van der Waals surface area contributed by atoms with Gasteiger partial charge in [0.15, 0.2) is 0 Å². The third-order valence-electron chi connectivity index (χ3n) is 4.70. The topological polar surface area (TPSA) is 57.8 Å². The zero-order valence-electron chi connectivity index (χ0n) is 10.7. The maximum atomic E-state index is 11.8. The number of hydrogen-bond acceptors (Lipinski definition) is 2. The van der Waals surface area contributed by atoms with Gasteiger partial charge < -0.3 is 5.32 Å². The summed E-state index contributed by atoms with van der Waals surface area (Å²) in [6.45, 7) is 0.869. The highest BCUT2D eigenvalue weighted by Crippen LogP contribution is 2.47. The molecule has 4 heteroatoms. The van der Waals surface area contributed by atoms with Gasteiger partial charge in [-0.2, -0.15) is 5.10 Å². The Balaban J connectivity index is 1.45. The number of carbonyl (C=O) groups is 1. The minimum atomic E-state index is 0.112. The van der Waals surface area contributed by atoms with Crippen LogP contribution in [0.5, 0.6) is 0 Å². The predicted molar refractivity (Wildman–Crippen MR) is 68.9 cm³/mol. The fourth-order valence-electron chi connectivity index (χ4n) is 3.80. The average Bonchev–Trinajstić information content (AvgIpc) is 3.03. The van der Waals surface area contributed by atoms with Crippen LogP contribution >= 0.6 is 0 Å². The van der Waals surface area contributed by atoms with Crippen molar-refractivity contribution in [2.75, 3.05) is 6.54 Å². The molecule has 2 aliphatic carbocycles. The molecule has 4 nitrogen and oxygen atoms in total. The molecular formula is C14H21N3O. The van der Waals surface area contributed by atoms with Gasteiger partial charge in [0.1, 0.15) is 0 Å². The number of fused-ring (bicyclic) bond motifs is 1. The smallest absolute Gasteiger partial charge is 0.226 e. The number of carbonyl (C=O) groups excluding carboxylic acids is 1. The summed E-state index contributed by atoms with van der Waals surface area (Å²) in [5.41, 5.74) is 0.887. The Hall–Kier alpha value is -1.32. The molecule has 1 heterocycles. The second-order valence-electron chi connectivity index (χ2n) is 5.76. The Morgan fingerprint density at radius 2 is 2.33 bits per heavy atom. The average molecular weight is 247 g/mol. The zero-order valence-corrected chi connectivity index (χ0v) is 10.7. The SMILES string of the molecule is O=C(Cc1ccn[nH]1)NC[C@H]1CC[C@@H]2CCC[C@@H]21. The van der Waals surface area contributed by atoms with Crippen LogP contribution in [-0.2, 0) is 11.2 Å². The van der Waals surface area contributed by atoms with Gasteiger partial charge in [0.2, 0.25) is 5.91 Å². The van der Waals surface area contributed by atoms with Crippen LogP contribution in [0.1, 0.15) is 37.8 Å². The fraction of sp³-hybridized carbons (Fsp3) is 0.714. The van der Waals surface area contributed by atoms with E-state index in [1.807, 2.05) is 6.07 Å². The van der Waals surface area contributed by atoms with E-state index in [0.717, 1.165) is 30.0 Å². The number of hydrogen-bond donors (Lipinski definition) is 2. The summed E-state index contributed by atoms with van der Waals surface area (Å²) < 4.78 is 0. The van der Waals surface area contributed by atoms with Crippen LogP contribution in [0, 0.1) is 17.8 Å². The number of amides is 1. The quantitative estimate of drug-likeness (QED) is 0.853. The van der Waals surface area contributed by atoms with Crippen LogP contribution in [0.3, 0.4) is 0 Å². The van der Waals surface area contributed by atoms with Gasteiger partial charge in [0.05, 0.1) is 6.42 Å². The Morgan fingerprint density at radius 3 is 3.17 bits per heavy atom. The lowest BCUT2D eigenvalue weighted by Gasteiger charge is -2.18. The van der Waals surface area contributed by atoms with Crippen LogP contribution in [0.15, 0.2) is 12.3 Å². The number of rotatable bonds is 4. The summed E-state index contributed by atoms with van der Waals surface area (Å²) in [7, 11) is 0. The fourth-order valence-corrected chi connectivity index (χ4v) is 3.80. The second kappa shape index (κ2) is 5.12. The summed E-state index contributed by atoms with van der Waals surface area (Å²) in [5, 5.41) is 9.76. The van der Waals surface area contributed by atoms with Crippen LogP contribution < -0.4 is 5.32 Å². The van der Waals surface area contributed by atoms with E-state index >= 15 is 0 Å². The van der Waals surface area contributed by atoms with E-state index in [0.29, 0.717) is 6.42 Å². The highest BCUT2D eigenvalue weighted by molar-refractivity contribution is 5.78. The molecule has 1 amide bonds. The first kappa shape index (κ1) is 11.8. The summed E-state index contributed by atoms with van der Waals surface area (Å²) in [6.07, 6.45) is 8.98. The summed E-state index contributed by atoms with van der Waals surface area (Å²) in [6, 6.07) is 1.85. The molecule has 0 saturated heterocycles. The molecule has 0 aliphatic heterocycles. The van der Waals surface area contributed by atoms with E-state index in [2.05, 4.69) is 15.5 Å². The molecule has 0 spiro atoms. The normalized spacial score (nSPS) is 30.3. The Kier molecular flexibility index (Phi) is 3.35. The number of nitrogens with one attached hydrogen (secondary N) is 2. The summed E-state index contributed by atoms with van der Waals surface area (Å²) in [5.74, 6) is 2.68. The highest BCUT2D eigenvalue weighted by atomic mass is 16.1. The number of nitrogens with zero attached hydrogens (tertiary/aromatic N) is 1. The van der Waals surface area contributed by atoms with E-state index in [9.17, 15) is 4.79 Å². The predicted octanol–water partition coefficient (Wildman–Crippen LogP) is 1.89. The van der Waals surface area contributed by atoms with Crippen molar-refractivity contribution in [3.63, 3.8) is 0 Å². The van der Waals surface area contributed by atoms with Crippen LogP contribution in [0.2, 0.25) is 0 Å². The molecule has 0 bridgehead atoms. The molecule has 2 N–H and O–H groups in total. The molecule has 2 aliphatic rings. The first-order valence-electron chi connectivity index (χ1n) is 7.08. The van der Waals surface area contributed by atoms with Crippen molar-refractivity contribution >= 4 is 5.91 Å². The van der Waals surface area contributed by atoms with Crippen molar-refractivity contribution in [1.29, 1.82) is 0 Å². The molecule has 3 rings (SSSR count). The van der Waals surface area contributed by atoms with Crippen molar-refractivity contribution in [3.8, 4) is 0 Å². The van der Waals surface area contributed by atoms with Crippen molar-refractivity contribution < 1.29 is 4.79 Å². The molecule has 0 aromatic carbocycles. The Morgan fingerprint density at radius 1 is 1.39 bits per heavy atom. The molecule has 1 aromatic heterocycles. The van der Waals surface area contributed by atoms with Gasteiger partial charge in [0, 0.05) is 18.4 Å². The van der Waals surface area contributed by atoms with Crippen molar-refractivity contribution in [1.82, 2.24) is 15.5 Å². The van der Waals surface area contributed by atoms with Crippen LogP contribution in [0.4, 0.5) is 0 Å². The van der Waals surface area contributed by atoms with Gasteiger partial charge >= 0.3 is 0 Å². The van der Waals surface area contributed by atoms with Crippen molar-refractivity contribution in [2.45, 2.75) is 38.5 Å². The number of aromatic nitrogens is 2. The molecule has 1 aromatic rings. The Labute approximate surface area is 108 Å². The van der Waals surface area contributed by atoms with Gasteiger partial charge in [-0.1, -0.05) is 12.8 Å². The number of aromatic amines is 1. The maximum Gasteiger partial charge on any atom is 0.226 e. The first-order valence-corrected chi connectivity index (χ1v) is 7.08. The van der Waals surface area contributed by atoms with Gasteiger partial charge in [0.25, 0.3) is 0 Å². The van der Waals surface area contributed by atoms with Crippen LogP contribution in [-0.4, -0.2) is 22.6 Å². The van der Waals surface area contributed by atoms with Gasteiger partial charge in [-0.25, -0.2) is 0 Å². The summed E-state index contributed by atoms with van der Waals surface area (Å²) in [4.78, 5) is 11.8. The lowest BCUT2D eigenvalue weighted by molar-refractivity contribution is -0.120. The lowest BCUT2D eigenvalue weighted by Crippen LogP contribution is -2.32. The monoisotopic (exact) mass is 247 g/mol. The molecule has 2 saturated carbocycles. The largest absolute Gasteiger partial charge is 0.355 e. The molecule has 0 radical (unpaired) electrons. The van der Waals surface area contributed by atoms with Crippen LogP contribution in [0.25, 0.3) is 0 Å².